The summed E-state index contributed by atoms with van der Waals surface area (Å²) in [5.74, 6) is 1.75. The largest absolute Gasteiger partial charge is 0.455 e. The van der Waals surface area contributed by atoms with Gasteiger partial charge in [-0.2, -0.15) is 0 Å². The van der Waals surface area contributed by atoms with Crippen LogP contribution in [0.25, 0.3) is 89.5 Å². The van der Waals surface area contributed by atoms with Gasteiger partial charge in [0.05, 0.1) is 22.8 Å². The molecule has 0 radical (unpaired) electrons. The van der Waals surface area contributed by atoms with Crippen LogP contribution >= 0.6 is 0 Å². The molecule has 0 atom stereocenters. The molecule has 0 N–H and O–H groups in total. The zero-order valence-electron chi connectivity index (χ0n) is 35.7. The summed E-state index contributed by atoms with van der Waals surface area (Å²) in [7, 11) is 0. The predicted molar refractivity (Wildman–Crippen MR) is 264 cm³/mol. The molecule has 11 rings (SSSR count). The minimum absolute atomic E-state index is 0.337. The van der Waals surface area contributed by atoms with Crippen LogP contribution in [0.3, 0.4) is 0 Å². The Labute approximate surface area is 375 Å². The lowest BCUT2D eigenvalue weighted by Crippen LogP contribution is -2.25. The Bertz CT molecular complexity index is 2970. The first kappa shape index (κ1) is 38.8. The van der Waals surface area contributed by atoms with Crippen molar-refractivity contribution in [2.75, 3.05) is 0 Å². The van der Waals surface area contributed by atoms with Gasteiger partial charge in [0.25, 0.3) is 0 Å². The van der Waals surface area contributed by atoms with Crippen molar-refractivity contribution < 1.29 is 4.74 Å². The molecule has 1 aliphatic rings. The molecule has 3 heterocycles. The van der Waals surface area contributed by atoms with Crippen LogP contribution in [0.4, 0.5) is 0 Å². The van der Waals surface area contributed by atoms with Crippen LogP contribution < -0.4 is 4.74 Å². The molecule has 0 amide bonds. The van der Waals surface area contributed by atoms with Gasteiger partial charge in [-0.15, -0.1) is 0 Å². The molecule has 0 unspecified atom stereocenters. The van der Waals surface area contributed by atoms with Crippen LogP contribution in [0, 0.1) is 0 Å². The monoisotopic (exact) mass is 820 g/mol. The Balaban J connectivity index is 0.996. The van der Waals surface area contributed by atoms with E-state index in [1.807, 2.05) is 12.1 Å². The molecule has 64 heavy (non-hydrogen) atoms. The first-order valence-corrected chi connectivity index (χ1v) is 21.9. The van der Waals surface area contributed by atoms with E-state index in [1.165, 1.54) is 0 Å². The molecule has 10 aromatic rings. The molecule has 2 aromatic heterocycles. The first-order valence-electron chi connectivity index (χ1n) is 21.9. The summed E-state index contributed by atoms with van der Waals surface area (Å²) in [4.78, 5) is 10.5. The van der Waals surface area contributed by atoms with Crippen molar-refractivity contribution in [3.05, 3.63) is 242 Å². The van der Waals surface area contributed by atoms with E-state index in [2.05, 4.69) is 232 Å². The summed E-state index contributed by atoms with van der Waals surface area (Å²) in [5, 5.41) is 0. The van der Waals surface area contributed by atoms with Crippen LogP contribution in [0.1, 0.15) is 25.0 Å². The van der Waals surface area contributed by atoms with Crippen LogP contribution in [-0.2, 0) is 5.41 Å². The minimum atomic E-state index is -0.337. The Hall–Kier alpha value is -8.14. The van der Waals surface area contributed by atoms with Crippen LogP contribution in [0.5, 0.6) is 11.5 Å². The highest BCUT2D eigenvalue weighted by atomic mass is 16.5. The molecular formula is C61H44N2O. The lowest BCUT2D eigenvalue weighted by Gasteiger charge is -2.36. The Morgan fingerprint density at radius 2 is 0.594 bits per heavy atom. The average molecular weight is 821 g/mol. The van der Waals surface area contributed by atoms with Crippen molar-refractivity contribution in [2.45, 2.75) is 19.3 Å². The highest BCUT2D eigenvalue weighted by Crippen LogP contribution is 2.54. The smallest absolute Gasteiger partial charge is 0.139 e. The third kappa shape index (κ3) is 7.27. The molecule has 3 nitrogen and oxygen atoms in total. The van der Waals surface area contributed by atoms with E-state index in [1.54, 1.807) is 0 Å². The standard InChI is InChI=1S/C61H44N2O/c1-61(2)53-33-17-31-51(45-27-15-29-47(35-45)57-39-49(41-19-7-3-8-20-41)37-55(62-57)43-23-11-5-12-24-43)59(53)64-60-52(32-18-34-54(60)61)46-28-16-30-48(36-46)58-40-50(42-21-9-4-10-22-42)38-56(63-58)44-25-13-6-14-26-44/h3-40H,1-2H3. The lowest BCUT2D eigenvalue weighted by atomic mass is 9.74. The number of fused-ring (bicyclic) bond motifs is 2. The van der Waals surface area contributed by atoms with E-state index < -0.39 is 0 Å². The number of nitrogens with zero attached hydrogens (tertiary/aromatic N) is 2. The van der Waals surface area contributed by atoms with E-state index in [9.17, 15) is 0 Å². The van der Waals surface area contributed by atoms with Crippen LogP contribution in [0.2, 0.25) is 0 Å². The molecular weight excluding hydrogens is 777 g/mol. The van der Waals surface area contributed by atoms with Gasteiger partial charge in [0, 0.05) is 49.9 Å². The van der Waals surface area contributed by atoms with E-state index in [4.69, 9.17) is 14.7 Å². The highest BCUT2D eigenvalue weighted by Gasteiger charge is 2.37. The fourth-order valence-corrected chi connectivity index (χ4v) is 9.14. The maximum absolute atomic E-state index is 7.25. The van der Waals surface area contributed by atoms with Gasteiger partial charge >= 0.3 is 0 Å². The van der Waals surface area contributed by atoms with Gasteiger partial charge in [-0.3, -0.25) is 0 Å². The molecule has 0 saturated carbocycles. The van der Waals surface area contributed by atoms with Crippen LogP contribution in [-0.4, -0.2) is 9.97 Å². The van der Waals surface area contributed by atoms with Crippen LogP contribution in [0.15, 0.2) is 231 Å². The molecule has 0 spiro atoms. The first-order chi connectivity index (χ1) is 31.5. The van der Waals surface area contributed by atoms with E-state index >= 15 is 0 Å². The van der Waals surface area contributed by atoms with Crippen molar-refractivity contribution >= 4 is 0 Å². The van der Waals surface area contributed by atoms with Crippen molar-refractivity contribution in [3.63, 3.8) is 0 Å². The quantitative estimate of drug-likeness (QED) is 0.153. The predicted octanol–water partition coefficient (Wildman–Crippen LogP) is 16.2. The number of para-hydroxylation sites is 2. The second kappa shape index (κ2) is 16.3. The van der Waals surface area contributed by atoms with E-state index in [0.29, 0.717) is 0 Å². The molecule has 3 heteroatoms. The van der Waals surface area contributed by atoms with Gasteiger partial charge in [-0.05, 0) is 69.8 Å². The van der Waals surface area contributed by atoms with E-state index in [-0.39, 0.29) is 5.41 Å². The Morgan fingerprint density at radius 3 is 0.984 bits per heavy atom. The van der Waals surface area contributed by atoms with Gasteiger partial charge in [-0.25, -0.2) is 9.97 Å². The molecule has 0 aliphatic carbocycles. The number of benzene rings is 8. The third-order valence-corrected chi connectivity index (χ3v) is 12.5. The number of aromatic nitrogens is 2. The summed E-state index contributed by atoms with van der Waals surface area (Å²) in [5.41, 5.74) is 18.7. The fraction of sp³-hybridized carbons (Fsp3) is 0.0492. The van der Waals surface area contributed by atoms with Gasteiger partial charge < -0.3 is 4.74 Å². The Morgan fingerprint density at radius 1 is 0.281 bits per heavy atom. The van der Waals surface area contributed by atoms with Gasteiger partial charge in [0.1, 0.15) is 11.5 Å². The van der Waals surface area contributed by atoms with Gasteiger partial charge in [0.2, 0.25) is 0 Å². The van der Waals surface area contributed by atoms with Crippen molar-refractivity contribution in [3.8, 4) is 101 Å². The average Bonchev–Trinajstić information content (AvgIpc) is 3.37. The summed E-state index contributed by atoms with van der Waals surface area (Å²) >= 11 is 0. The summed E-state index contributed by atoms with van der Waals surface area (Å²) in [6.45, 7) is 4.61. The zero-order chi connectivity index (χ0) is 43.0. The summed E-state index contributed by atoms with van der Waals surface area (Å²) in [6.07, 6.45) is 0. The number of pyridine rings is 2. The molecule has 304 valence electrons. The van der Waals surface area contributed by atoms with Gasteiger partial charge in [-0.1, -0.05) is 208 Å². The summed E-state index contributed by atoms with van der Waals surface area (Å²) < 4.78 is 7.25. The lowest BCUT2D eigenvalue weighted by molar-refractivity contribution is 0.421. The molecule has 0 fully saturated rings. The highest BCUT2D eigenvalue weighted by molar-refractivity contribution is 5.85. The van der Waals surface area contributed by atoms with Crippen molar-refractivity contribution in [1.29, 1.82) is 0 Å². The number of hydrogen-bond acceptors (Lipinski definition) is 3. The second-order valence-electron chi connectivity index (χ2n) is 17.0. The summed E-state index contributed by atoms with van der Waals surface area (Å²) in [6, 6.07) is 81.3. The van der Waals surface area contributed by atoms with Crippen molar-refractivity contribution in [1.82, 2.24) is 9.97 Å². The van der Waals surface area contributed by atoms with E-state index in [0.717, 1.165) is 112 Å². The minimum Gasteiger partial charge on any atom is -0.455 e. The topological polar surface area (TPSA) is 35.0 Å². The number of ether oxygens (including phenoxy) is 1. The van der Waals surface area contributed by atoms with Gasteiger partial charge in [0.15, 0.2) is 0 Å². The maximum atomic E-state index is 7.25. The Kier molecular flexibility index (Phi) is 9.86. The third-order valence-electron chi connectivity index (χ3n) is 12.5. The molecule has 0 bridgehead atoms. The normalized spacial score (nSPS) is 12.5. The number of hydrogen-bond donors (Lipinski definition) is 0. The maximum Gasteiger partial charge on any atom is 0.139 e. The molecule has 8 aromatic carbocycles. The van der Waals surface area contributed by atoms with Crippen molar-refractivity contribution in [2.24, 2.45) is 0 Å². The SMILES string of the molecule is CC1(C)c2cccc(-c3cccc(-c4cc(-c5ccccc5)cc(-c5ccccc5)n4)c3)c2Oc2c(-c3cccc(-c4cc(-c5ccccc5)cc(-c5ccccc5)n4)c3)cccc21. The zero-order valence-corrected chi connectivity index (χ0v) is 35.7. The molecule has 1 aliphatic heterocycles. The second-order valence-corrected chi connectivity index (χ2v) is 17.0. The number of rotatable bonds is 8. The molecule has 0 saturated heterocycles. The fourth-order valence-electron chi connectivity index (χ4n) is 9.14.